The van der Waals surface area contributed by atoms with Crippen molar-refractivity contribution in [1.29, 1.82) is 0 Å². The van der Waals surface area contributed by atoms with Crippen LogP contribution in [0.25, 0.3) is 0 Å². The first kappa shape index (κ1) is 22.7. The third-order valence-corrected chi connectivity index (χ3v) is 5.74. The molecule has 1 aliphatic heterocycles. The SMILES string of the molecule is CC[C@@H](CO[C@@H]1CNC[C@@H]1Cc1cc(C)cc(N)n1)NCCc1cc(C)cc(F)c1. The predicted octanol–water partition coefficient (Wildman–Crippen LogP) is 3.18. The van der Waals surface area contributed by atoms with Gasteiger partial charge in [0.1, 0.15) is 11.6 Å². The summed E-state index contributed by atoms with van der Waals surface area (Å²) in [6.45, 7) is 9.42. The number of benzene rings is 1. The fourth-order valence-corrected chi connectivity index (χ4v) is 4.19. The van der Waals surface area contributed by atoms with Crippen LogP contribution in [0.5, 0.6) is 0 Å². The van der Waals surface area contributed by atoms with Crippen molar-refractivity contribution in [3.63, 3.8) is 0 Å². The first-order valence-corrected chi connectivity index (χ1v) is 11.0. The zero-order valence-electron chi connectivity index (χ0n) is 18.4. The van der Waals surface area contributed by atoms with Crippen LogP contribution in [-0.4, -0.2) is 43.4 Å². The average molecular weight is 415 g/mol. The molecule has 2 aromatic rings. The summed E-state index contributed by atoms with van der Waals surface area (Å²) in [5.41, 5.74) is 10.1. The minimum Gasteiger partial charge on any atom is -0.384 e. The first-order valence-electron chi connectivity index (χ1n) is 11.0. The van der Waals surface area contributed by atoms with E-state index in [1.807, 2.05) is 26.0 Å². The summed E-state index contributed by atoms with van der Waals surface area (Å²) >= 11 is 0. The van der Waals surface area contributed by atoms with Crippen LogP contribution in [-0.2, 0) is 17.6 Å². The molecule has 0 radical (unpaired) electrons. The smallest absolute Gasteiger partial charge is 0.123 e. The van der Waals surface area contributed by atoms with Gasteiger partial charge in [0.15, 0.2) is 0 Å². The summed E-state index contributed by atoms with van der Waals surface area (Å²) in [4.78, 5) is 4.48. The van der Waals surface area contributed by atoms with Gasteiger partial charge in [0, 0.05) is 30.7 Å². The van der Waals surface area contributed by atoms with Gasteiger partial charge in [0.05, 0.1) is 12.7 Å². The third-order valence-electron chi connectivity index (χ3n) is 5.74. The lowest BCUT2D eigenvalue weighted by Gasteiger charge is -2.23. The van der Waals surface area contributed by atoms with E-state index < -0.39 is 0 Å². The Kier molecular flexibility index (Phi) is 8.19. The van der Waals surface area contributed by atoms with Crippen molar-refractivity contribution in [3.05, 3.63) is 58.5 Å². The quantitative estimate of drug-likeness (QED) is 0.557. The number of aromatic nitrogens is 1. The summed E-state index contributed by atoms with van der Waals surface area (Å²) in [6.07, 6.45) is 2.84. The number of rotatable bonds is 10. The number of hydrogen-bond acceptors (Lipinski definition) is 5. The maximum atomic E-state index is 13.6. The van der Waals surface area contributed by atoms with Gasteiger partial charge < -0.3 is 21.1 Å². The van der Waals surface area contributed by atoms with Crippen molar-refractivity contribution in [1.82, 2.24) is 15.6 Å². The largest absolute Gasteiger partial charge is 0.384 e. The second-order valence-electron chi connectivity index (χ2n) is 8.50. The number of halogens is 1. The highest BCUT2D eigenvalue weighted by atomic mass is 19.1. The highest BCUT2D eigenvalue weighted by Gasteiger charge is 2.29. The Morgan fingerprint density at radius 1 is 1.20 bits per heavy atom. The minimum atomic E-state index is -0.162. The van der Waals surface area contributed by atoms with Crippen LogP contribution in [0, 0.1) is 25.6 Å². The van der Waals surface area contributed by atoms with Crippen LogP contribution in [0.2, 0.25) is 0 Å². The lowest BCUT2D eigenvalue weighted by molar-refractivity contribution is 0.0237. The van der Waals surface area contributed by atoms with Gasteiger partial charge in [0.25, 0.3) is 0 Å². The van der Waals surface area contributed by atoms with E-state index in [4.69, 9.17) is 10.5 Å². The Hall–Kier alpha value is -2.02. The zero-order chi connectivity index (χ0) is 21.5. The topological polar surface area (TPSA) is 72.2 Å². The van der Waals surface area contributed by atoms with Crippen LogP contribution in [0.4, 0.5) is 10.2 Å². The second kappa shape index (κ2) is 10.8. The molecule has 0 amide bonds. The number of nitrogens with one attached hydrogen (secondary N) is 2. The second-order valence-corrected chi connectivity index (χ2v) is 8.50. The molecule has 0 aliphatic carbocycles. The molecule has 30 heavy (non-hydrogen) atoms. The molecule has 1 aromatic carbocycles. The molecule has 5 nitrogen and oxygen atoms in total. The number of aryl methyl sites for hydroxylation is 2. The Balaban J connectivity index is 1.46. The zero-order valence-corrected chi connectivity index (χ0v) is 18.4. The van der Waals surface area contributed by atoms with E-state index in [9.17, 15) is 4.39 Å². The van der Waals surface area contributed by atoms with Crippen molar-refractivity contribution in [2.75, 3.05) is 32.0 Å². The lowest BCUT2D eigenvalue weighted by atomic mass is 9.98. The number of anilines is 1. The molecule has 6 heteroatoms. The maximum Gasteiger partial charge on any atom is 0.123 e. The van der Waals surface area contributed by atoms with E-state index in [1.165, 1.54) is 0 Å². The molecule has 0 unspecified atom stereocenters. The number of nitrogens with two attached hydrogens (primary N) is 1. The fraction of sp³-hybridized carbons (Fsp3) is 0.542. The first-order chi connectivity index (χ1) is 14.4. The van der Waals surface area contributed by atoms with E-state index in [0.717, 1.165) is 61.3 Å². The molecule has 0 bridgehead atoms. The molecule has 4 N–H and O–H groups in total. The van der Waals surface area contributed by atoms with Crippen molar-refractivity contribution in [2.24, 2.45) is 5.92 Å². The monoisotopic (exact) mass is 414 g/mol. The van der Waals surface area contributed by atoms with E-state index in [-0.39, 0.29) is 18.0 Å². The van der Waals surface area contributed by atoms with Gasteiger partial charge in [-0.2, -0.15) is 0 Å². The Morgan fingerprint density at radius 2 is 2.00 bits per heavy atom. The van der Waals surface area contributed by atoms with E-state index >= 15 is 0 Å². The van der Waals surface area contributed by atoms with Gasteiger partial charge >= 0.3 is 0 Å². The van der Waals surface area contributed by atoms with Crippen molar-refractivity contribution >= 4 is 5.82 Å². The molecule has 1 fully saturated rings. The Bertz CT molecular complexity index is 788. The lowest BCUT2D eigenvalue weighted by Crippen LogP contribution is -2.37. The molecular formula is C24H35FN4O. The van der Waals surface area contributed by atoms with Crippen LogP contribution in [0.15, 0.2) is 30.3 Å². The number of nitrogens with zero attached hydrogens (tertiary/aromatic N) is 1. The van der Waals surface area contributed by atoms with Gasteiger partial charge in [-0.25, -0.2) is 9.37 Å². The molecule has 1 aromatic heterocycles. The number of hydrogen-bond donors (Lipinski definition) is 3. The van der Waals surface area contributed by atoms with Gasteiger partial charge in [-0.05, 0) is 80.6 Å². The summed E-state index contributed by atoms with van der Waals surface area (Å²) in [6, 6.07) is 9.51. The molecule has 2 heterocycles. The normalized spacial score (nSPS) is 19.9. The van der Waals surface area contributed by atoms with Crippen LogP contribution < -0.4 is 16.4 Å². The molecule has 164 valence electrons. The molecule has 1 aliphatic rings. The van der Waals surface area contributed by atoms with Gasteiger partial charge in [-0.3, -0.25) is 0 Å². The molecule has 0 saturated carbocycles. The summed E-state index contributed by atoms with van der Waals surface area (Å²) < 4.78 is 19.9. The molecule has 0 spiro atoms. The van der Waals surface area contributed by atoms with Gasteiger partial charge in [-0.15, -0.1) is 0 Å². The average Bonchev–Trinajstić information content (AvgIpc) is 3.09. The maximum absolute atomic E-state index is 13.6. The van der Waals surface area contributed by atoms with E-state index in [1.54, 1.807) is 12.1 Å². The van der Waals surface area contributed by atoms with Crippen molar-refractivity contribution < 1.29 is 9.13 Å². The summed E-state index contributed by atoms with van der Waals surface area (Å²) in [7, 11) is 0. The van der Waals surface area contributed by atoms with Crippen molar-refractivity contribution in [3.8, 4) is 0 Å². The fourth-order valence-electron chi connectivity index (χ4n) is 4.19. The predicted molar refractivity (Wildman–Crippen MR) is 120 cm³/mol. The molecule has 3 atom stereocenters. The van der Waals surface area contributed by atoms with Crippen LogP contribution in [0.3, 0.4) is 0 Å². The highest BCUT2D eigenvalue weighted by Crippen LogP contribution is 2.20. The number of ether oxygens (including phenoxy) is 1. The Labute approximate surface area is 179 Å². The number of pyridine rings is 1. The number of nitrogen functional groups attached to an aromatic ring is 1. The molecule has 3 rings (SSSR count). The van der Waals surface area contributed by atoms with Gasteiger partial charge in [-0.1, -0.05) is 13.0 Å². The van der Waals surface area contributed by atoms with Gasteiger partial charge in [0.2, 0.25) is 0 Å². The molecule has 1 saturated heterocycles. The van der Waals surface area contributed by atoms with Crippen molar-refractivity contribution in [2.45, 2.75) is 52.2 Å². The standard InChI is InChI=1S/C24H35FN4O/c1-4-21(28-6-5-18-7-16(2)8-20(25)11-18)15-30-23-14-27-13-19(23)12-22-9-17(3)10-24(26)29-22/h7-11,19,21,23,27-28H,4-6,12-15H2,1-3H3,(H2,26,29)/t19-,21-,23+/m0/s1. The minimum absolute atomic E-state index is 0.162. The molecular weight excluding hydrogens is 379 g/mol. The highest BCUT2D eigenvalue weighted by molar-refractivity contribution is 5.34. The van der Waals surface area contributed by atoms with Crippen LogP contribution >= 0.6 is 0 Å². The summed E-state index contributed by atoms with van der Waals surface area (Å²) in [5, 5.41) is 7.01. The van der Waals surface area contributed by atoms with Crippen LogP contribution in [0.1, 0.15) is 35.7 Å². The Morgan fingerprint density at radius 3 is 2.73 bits per heavy atom. The summed E-state index contributed by atoms with van der Waals surface area (Å²) in [5.74, 6) is 0.814. The van der Waals surface area contributed by atoms with E-state index in [2.05, 4.69) is 28.6 Å². The van der Waals surface area contributed by atoms with E-state index in [0.29, 0.717) is 18.3 Å². The third kappa shape index (κ3) is 6.76.